The molecule has 5 nitrogen and oxygen atoms in total. The summed E-state index contributed by atoms with van der Waals surface area (Å²) in [5, 5.41) is 0. The van der Waals surface area contributed by atoms with Gasteiger partial charge in [-0.05, 0) is 48.4 Å². The van der Waals surface area contributed by atoms with Crippen molar-refractivity contribution in [3.8, 4) is 11.4 Å². The topological polar surface area (TPSA) is 65.0 Å². The van der Waals surface area contributed by atoms with E-state index in [9.17, 15) is 4.79 Å². The summed E-state index contributed by atoms with van der Waals surface area (Å²) in [6, 6.07) is 14.4. The van der Waals surface area contributed by atoms with Crippen LogP contribution in [0.1, 0.15) is 49.2 Å². The van der Waals surface area contributed by atoms with Crippen LogP contribution in [-0.2, 0) is 27.8 Å². The van der Waals surface area contributed by atoms with Gasteiger partial charge >= 0.3 is 0 Å². The summed E-state index contributed by atoms with van der Waals surface area (Å²) in [6.07, 6.45) is 6.50. The van der Waals surface area contributed by atoms with Gasteiger partial charge in [0.25, 0.3) is 0 Å². The van der Waals surface area contributed by atoms with Gasteiger partial charge in [-0.2, -0.15) is 0 Å². The van der Waals surface area contributed by atoms with E-state index >= 15 is 0 Å². The van der Waals surface area contributed by atoms with Crippen molar-refractivity contribution in [3.63, 3.8) is 0 Å². The van der Waals surface area contributed by atoms with Crippen molar-refractivity contribution in [1.82, 2.24) is 15.0 Å². The normalized spacial score (nSPS) is 27.0. The molecule has 164 valence electrons. The van der Waals surface area contributed by atoms with E-state index in [0.29, 0.717) is 6.42 Å². The number of aromatic nitrogens is 3. The highest BCUT2D eigenvalue weighted by molar-refractivity contribution is 5.87. The number of methoxy groups -OCH3 is 1. The predicted octanol–water partition coefficient (Wildman–Crippen LogP) is 4.57. The van der Waals surface area contributed by atoms with Crippen LogP contribution >= 0.6 is 0 Å². The second-order valence-electron chi connectivity index (χ2n) is 9.40. The van der Waals surface area contributed by atoms with Gasteiger partial charge in [0.05, 0.1) is 11.4 Å². The Morgan fingerprint density at radius 3 is 2.56 bits per heavy atom. The van der Waals surface area contributed by atoms with Gasteiger partial charge in [0, 0.05) is 42.8 Å². The van der Waals surface area contributed by atoms with Gasteiger partial charge in [0.2, 0.25) is 0 Å². The van der Waals surface area contributed by atoms with Gasteiger partial charge in [-0.1, -0.05) is 44.2 Å². The maximum Gasteiger partial charge on any atom is 0.164 e. The summed E-state index contributed by atoms with van der Waals surface area (Å²) in [7, 11) is 1.64. The maximum absolute atomic E-state index is 12.9. The molecule has 1 aromatic carbocycles. The molecule has 2 aromatic heterocycles. The number of hydrogen-bond donors (Lipinski definition) is 0. The molecule has 0 spiro atoms. The molecule has 0 amide bonds. The molecule has 0 saturated heterocycles. The lowest BCUT2D eigenvalue weighted by Crippen LogP contribution is -2.53. The highest BCUT2D eigenvalue weighted by atomic mass is 16.5. The summed E-state index contributed by atoms with van der Waals surface area (Å²) in [4.78, 5) is 27.3. The number of Topliss-reactive ketones (excluding diaryl/α,β-unsaturated/α-hetero) is 1. The van der Waals surface area contributed by atoms with Crippen LogP contribution in [0.3, 0.4) is 0 Å². The molecule has 2 aliphatic rings. The number of ether oxygens (including phenoxy) is 1. The fourth-order valence-electron chi connectivity index (χ4n) is 5.85. The number of nitrogens with zero attached hydrogens (tertiary/aromatic N) is 3. The Morgan fingerprint density at radius 2 is 1.84 bits per heavy atom. The van der Waals surface area contributed by atoms with Crippen molar-refractivity contribution in [2.24, 2.45) is 11.8 Å². The smallest absolute Gasteiger partial charge is 0.164 e. The van der Waals surface area contributed by atoms with Crippen molar-refractivity contribution in [1.29, 1.82) is 0 Å². The summed E-state index contributed by atoms with van der Waals surface area (Å²) in [5.74, 6) is 1.19. The van der Waals surface area contributed by atoms with Crippen molar-refractivity contribution in [2.45, 2.75) is 51.0 Å². The van der Waals surface area contributed by atoms with Crippen LogP contribution in [0.2, 0.25) is 0 Å². The Labute approximate surface area is 189 Å². The standard InChI is InChI=1S/C27H29N3O2/c1-17-21-10-9-20-22(15-18-7-5-4-6-8-18)29-26(19-11-13-28-14-12-19)30-25(20)27(21,2)16-23(32-3)24(17)31/h4-8,11-14,17,21,23H,9-10,15-16H2,1-3H3/t17-,21-,23?,27-/m1/s1. The molecule has 0 radical (unpaired) electrons. The number of pyridine rings is 1. The average molecular weight is 428 g/mol. The highest BCUT2D eigenvalue weighted by Crippen LogP contribution is 2.51. The number of ketones is 1. The molecule has 0 bridgehead atoms. The van der Waals surface area contributed by atoms with Gasteiger partial charge in [0.1, 0.15) is 6.10 Å². The molecule has 4 atom stereocenters. The Bertz CT molecular complexity index is 1130. The minimum atomic E-state index is -0.380. The lowest BCUT2D eigenvalue weighted by Gasteiger charge is -2.50. The van der Waals surface area contributed by atoms with Crippen LogP contribution in [-0.4, -0.2) is 33.9 Å². The summed E-state index contributed by atoms with van der Waals surface area (Å²) in [5.41, 5.74) is 5.42. The monoisotopic (exact) mass is 427 g/mol. The molecule has 5 heteroatoms. The summed E-state index contributed by atoms with van der Waals surface area (Å²) < 4.78 is 5.64. The third-order valence-electron chi connectivity index (χ3n) is 7.57. The number of fused-ring (bicyclic) bond motifs is 3. The first kappa shape index (κ1) is 21.0. The third-order valence-corrected chi connectivity index (χ3v) is 7.57. The zero-order valence-corrected chi connectivity index (χ0v) is 18.9. The van der Waals surface area contributed by atoms with E-state index in [1.165, 1.54) is 11.1 Å². The quantitative estimate of drug-likeness (QED) is 0.610. The SMILES string of the molecule is COC1C[C@@]2(C)c3nc(-c4ccncc4)nc(Cc4ccccc4)c3CC[C@@H]2[C@@H](C)C1=O. The average Bonchev–Trinajstić information content (AvgIpc) is 2.83. The van der Waals surface area contributed by atoms with Crippen molar-refractivity contribution in [3.05, 3.63) is 77.4 Å². The molecule has 1 saturated carbocycles. The largest absolute Gasteiger partial charge is 0.374 e. The van der Waals surface area contributed by atoms with Gasteiger partial charge in [-0.3, -0.25) is 9.78 Å². The van der Waals surface area contributed by atoms with Crippen LogP contribution in [0.4, 0.5) is 0 Å². The molecule has 3 aromatic rings. The fourth-order valence-corrected chi connectivity index (χ4v) is 5.85. The number of hydrogen-bond acceptors (Lipinski definition) is 5. The Hall–Kier alpha value is -2.92. The van der Waals surface area contributed by atoms with Crippen molar-refractivity contribution >= 4 is 5.78 Å². The van der Waals surface area contributed by atoms with E-state index in [1.54, 1.807) is 19.5 Å². The van der Waals surface area contributed by atoms with Crippen LogP contribution in [0.25, 0.3) is 11.4 Å². The van der Waals surface area contributed by atoms with Gasteiger partial charge in [-0.15, -0.1) is 0 Å². The van der Waals surface area contributed by atoms with Crippen molar-refractivity contribution < 1.29 is 9.53 Å². The molecule has 0 aliphatic heterocycles. The van der Waals surface area contributed by atoms with E-state index in [-0.39, 0.29) is 29.1 Å². The lowest BCUT2D eigenvalue weighted by molar-refractivity contribution is -0.143. The van der Waals surface area contributed by atoms with Crippen LogP contribution < -0.4 is 0 Å². The van der Waals surface area contributed by atoms with E-state index in [4.69, 9.17) is 14.7 Å². The number of benzene rings is 1. The molecule has 0 N–H and O–H groups in total. The second-order valence-corrected chi connectivity index (χ2v) is 9.40. The summed E-state index contributed by atoms with van der Waals surface area (Å²) in [6.45, 7) is 4.34. The van der Waals surface area contributed by atoms with Gasteiger partial charge in [0.15, 0.2) is 11.6 Å². The van der Waals surface area contributed by atoms with E-state index < -0.39 is 0 Å². The molecular formula is C27H29N3O2. The fraction of sp³-hybridized carbons (Fsp3) is 0.407. The molecule has 1 unspecified atom stereocenters. The second kappa shape index (κ2) is 8.21. The van der Waals surface area contributed by atoms with Gasteiger partial charge in [-0.25, -0.2) is 9.97 Å². The molecule has 1 fully saturated rings. The van der Waals surface area contributed by atoms with E-state index in [2.05, 4.69) is 43.1 Å². The Kier molecular flexibility index (Phi) is 5.38. The Balaban J connectivity index is 1.68. The maximum atomic E-state index is 12.9. The predicted molar refractivity (Wildman–Crippen MR) is 123 cm³/mol. The molecule has 2 heterocycles. The zero-order chi connectivity index (χ0) is 22.3. The van der Waals surface area contributed by atoms with Crippen LogP contribution in [0.15, 0.2) is 54.9 Å². The first-order valence-corrected chi connectivity index (χ1v) is 11.4. The van der Waals surface area contributed by atoms with Crippen molar-refractivity contribution in [2.75, 3.05) is 7.11 Å². The van der Waals surface area contributed by atoms with Crippen LogP contribution in [0.5, 0.6) is 0 Å². The molecule has 2 aliphatic carbocycles. The first-order chi connectivity index (χ1) is 15.5. The third kappa shape index (κ3) is 3.45. The number of carbonyl (C=O) groups is 1. The molecular weight excluding hydrogens is 398 g/mol. The summed E-state index contributed by atoms with van der Waals surface area (Å²) >= 11 is 0. The van der Waals surface area contributed by atoms with Gasteiger partial charge < -0.3 is 4.74 Å². The minimum absolute atomic E-state index is 0.0382. The van der Waals surface area contributed by atoms with E-state index in [1.807, 2.05) is 18.2 Å². The lowest BCUT2D eigenvalue weighted by atomic mass is 9.55. The number of rotatable bonds is 4. The first-order valence-electron chi connectivity index (χ1n) is 11.4. The molecule has 5 rings (SSSR count). The molecule has 32 heavy (non-hydrogen) atoms. The minimum Gasteiger partial charge on any atom is -0.374 e. The number of carbonyl (C=O) groups excluding carboxylic acids is 1. The van der Waals surface area contributed by atoms with E-state index in [0.717, 1.165) is 42.0 Å². The Morgan fingerprint density at radius 1 is 1.09 bits per heavy atom. The zero-order valence-electron chi connectivity index (χ0n) is 18.9. The van der Waals surface area contributed by atoms with Crippen LogP contribution in [0, 0.1) is 11.8 Å². The highest BCUT2D eigenvalue weighted by Gasteiger charge is 2.53.